The van der Waals surface area contributed by atoms with Gasteiger partial charge in [-0.2, -0.15) is 0 Å². The zero-order valence-corrected chi connectivity index (χ0v) is 10.5. The molecule has 0 saturated heterocycles. The summed E-state index contributed by atoms with van der Waals surface area (Å²) < 4.78 is 0. The van der Waals surface area contributed by atoms with Crippen LogP contribution >= 0.6 is 0 Å². The summed E-state index contributed by atoms with van der Waals surface area (Å²) in [7, 11) is 0. The first-order valence-electron chi connectivity index (χ1n) is 6.91. The molecule has 2 N–H and O–H groups in total. The molecule has 0 bridgehead atoms. The van der Waals surface area contributed by atoms with Gasteiger partial charge in [-0.05, 0) is 30.6 Å². The number of hydrogen-bond donors (Lipinski definition) is 1. The van der Waals surface area contributed by atoms with Crippen molar-refractivity contribution in [2.75, 3.05) is 0 Å². The Morgan fingerprint density at radius 3 is 2.40 bits per heavy atom. The maximum absolute atomic E-state index is 6.67. The van der Waals surface area contributed by atoms with Crippen LogP contribution in [0.4, 0.5) is 0 Å². The first kappa shape index (κ1) is 11.4. The maximum Gasteiger partial charge on any atom is 0.0185 e. The highest BCUT2D eigenvalue weighted by Crippen LogP contribution is 2.42. The lowest BCUT2D eigenvalue weighted by molar-refractivity contribution is 0.117. The lowest BCUT2D eigenvalue weighted by Crippen LogP contribution is -2.51. The molecule has 2 fully saturated rings. The molecule has 2 rings (SSSR count). The zero-order valence-electron chi connectivity index (χ0n) is 10.5. The molecule has 2 aliphatic carbocycles. The third-order valence-electron chi connectivity index (χ3n) is 5.21. The Balaban J connectivity index is 1.97. The van der Waals surface area contributed by atoms with Gasteiger partial charge >= 0.3 is 0 Å². The standard InChI is InChI=1S/C14H27N/c1-11-6-5-9-14(15,12(11)2)10-13-7-3-4-8-13/h11-13H,3-10,15H2,1-2H3. The summed E-state index contributed by atoms with van der Waals surface area (Å²) in [5, 5.41) is 0. The second kappa shape index (κ2) is 4.45. The molecule has 0 aromatic rings. The van der Waals surface area contributed by atoms with E-state index < -0.39 is 0 Å². The SMILES string of the molecule is CC1CCCC(N)(CC2CCCC2)C1C. The van der Waals surface area contributed by atoms with Crippen LogP contribution in [-0.4, -0.2) is 5.54 Å². The van der Waals surface area contributed by atoms with Crippen molar-refractivity contribution in [2.45, 2.75) is 70.8 Å². The molecule has 3 atom stereocenters. The number of hydrogen-bond acceptors (Lipinski definition) is 1. The van der Waals surface area contributed by atoms with Crippen molar-refractivity contribution in [3.63, 3.8) is 0 Å². The summed E-state index contributed by atoms with van der Waals surface area (Å²) in [5.74, 6) is 2.51. The van der Waals surface area contributed by atoms with E-state index in [4.69, 9.17) is 5.73 Å². The van der Waals surface area contributed by atoms with E-state index in [1.165, 1.54) is 51.4 Å². The van der Waals surface area contributed by atoms with Gasteiger partial charge in [-0.3, -0.25) is 0 Å². The van der Waals surface area contributed by atoms with Gasteiger partial charge < -0.3 is 5.73 Å². The smallest absolute Gasteiger partial charge is 0.0185 e. The molecule has 1 nitrogen and oxygen atoms in total. The van der Waals surface area contributed by atoms with Crippen LogP contribution in [-0.2, 0) is 0 Å². The average molecular weight is 209 g/mol. The lowest BCUT2D eigenvalue weighted by Gasteiger charge is -2.44. The summed E-state index contributed by atoms with van der Waals surface area (Å²) in [6.07, 6.45) is 11.1. The van der Waals surface area contributed by atoms with Crippen molar-refractivity contribution in [3.8, 4) is 0 Å². The zero-order chi connectivity index (χ0) is 10.9. The molecule has 0 aromatic heterocycles. The van der Waals surface area contributed by atoms with Gasteiger partial charge in [0.1, 0.15) is 0 Å². The fourth-order valence-electron chi connectivity index (χ4n) is 3.84. The van der Waals surface area contributed by atoms with Crippen molar-refractivity contribution in [3.05, 3.63) is 0 Å². The van der Waals surface area contributed by atoms with E-state index in [0.29, 0.717) is 0 Å². The van der Waals surface area contributed by atoms with Crippen LogP contribution in [0.3, 0.4) is 0 Å². The minimum atomic E-state index is 0.173. The Kier molecular flexibility index (Phi) is 3.39. The predicted octanol–water partition coefficient (Wildman–Crippen LogP) is 3.72. The summed E-state index contributed by atoms with van der Waals surface area (Å²) >= 11 is 0. The second-order valence-corrected chi connectivity index (χ2v) is 6.25. The molecular weight excluding hydrogens is 182 g/mol. The highest BCUT2D eigenvalue weighted by molar-refractivity contribution is 4.96. The van der Waals surface area contributed by atoms with Crippen molar-refractivity contribution in [1.82, 2.24) is 0 Å². The van der Waals surface area contributed by atoms with Crippen LogP contribution in [0.25, 0.3) is 0 Å². The molecule has 0 aromatic carbocycles. The van der Waals surface area contributed by atoms with Crippen LogP contribution in [0.5, 0.6) is 0 Å². The largest absolute Gasteiger partial charge is 0.325 e. The Labute approximate surface area is 94.8 Å². The van der Waals surface area contributed by atoms with Crippen molar-refractivity contribution in [1.29, 1.82) is 0 Å². The third kappa shape index (κ3) is 2.38. The van der Waals surface area contributed by atoms with E-state index in [1.807, 2.05) is 0 Å². The van der Waals surface area contributed by atoms with Gasteiger partial charge in [-0.25, -0.2) is 0 Å². The van der Waals surface area contributed by atoms with E-state index in [1.54, 1.807) is 0 Å². The van der Waals surface area contributed by atoms with Crippen LogP contribution in [0, 0.1) is 17.8 Å². The fourth-order valence-corrected chi connectivity index (χ4v) is 3.84. The molecule has 2 aliphatic rings. The molecule has 0 aliphatic heterocycles. The normalized spacial score (nSPS) is 43.4. The minimum Gasteiger partial charge on any atom is -0.325 e. The van der Waals surface area contributed by atoms with Gasteiger partial charge in [0.2, 0.25) is 0 Å². The van der Waals surface area contributed by atoms with Crippen LogP contribution < -0.4 is 5.73 Å². The van der Waals surface area contributed by atoms with E-state index in [2.05, 4.69) is 13.8 Å². The summed E-state index contributed by atoms with van der Waals surface area (Å²) in [6.45, 7) is 4.78. The molecular formula is C14H27N. The quantitative estimate of drug-likeness (QED) is 0.737. The highest BCUT2D eigenvalue weighted by atomic mass is 14.8. The second-order valence-electron chi connectivity index (χ2n) is 6.25. The predicted molar refractivity (Wildman–Crippen MR) is 65.7 cm³/mol. The molecule has 0 spiro atoms. The van der Waals surface area contributed by atoms with Crippen LogP contribution in [0.15, 0.2) is 0 Å². The Morgan fingerprint density at radius 1 is 1.07 bits per heavy atom. The van der Waals surface area contributed by atoms with Crippen LogP contribution in [0.2, 0.25) is 0 Å². The van der Waals surface area contributed by atoms with E-state index in [-0.39, 0.29) is 5.54 Å². The summed E-state index contributed by atoms with van der Waals surface area (Å²) in [5.41, 5.74) is 6.85. The molecule has 88 valence electrons. The minimum absolute atomic E-state index is 0.173. The topological polar surface area (TPSA) is 26.0 Å². The number of nitrogens with two attached hydrogens (primary N) is 1. The molecule has 2 saturated carbocycles. The van der Waals surface area contributed by atoms with Crippen molar-refractivity contribution in [2.24, 2.45) is 23.5 Å². The average Bonchev–Trinajstić information content (AvgIpc) is 2.67. The molecule has 1 heteroatoms. The van der Waals surface area contributed by atoms with E-state index in [9.17, 15) is 0 Å². The molecule has 3 unspecified atom stereocenters. The van der Waals surface area contributed by atoms with E-state index in [0.717, 1.165) is 17.8 Å². The first-order chi connectivity index (χ1) is 7.12. The van der Waals surface area contributed by atoms with Crippen molar-refractivity contribution >= 4 is 0 Å². The molecule has 0 radical (unpaired) electrons. The summed E-state index contributed by atoms with van der Waals surface area (Å²) in [6, 6.07) is 0. The Hall–Kier alpha value is -0.0400. The monoisotopic (exact) mass is 209 g/mol. The lowest BCUT2D eigenvalue weighted by atomic mass is 9.65. The van der Waals surface area contributed by atoms with Crippen LogP contribution in [0.1, 0.15) is 65.2 Å². The number of rotatable bonds is 2. The van der Waals surface area contributed by atoms with Gasteiger partial charge in [-0.1, -0.05) is 52.4 Å². The Morgan fingerprint density at radius 2 is 1.73 bits per heavy atom. The fraction of sp³-hybridized carbons (Fsp3) is 1.00. The first-order valence-corrected chi connectivity index (χ1v) is 6.91. The maximum atomic E-state index is 6.67. The summed E-state index contributed by atoms with van der Waals surface area (Å²) in [4.78, 5) is 0. The molecule has 0 heterocycles. The van der Waals surface area contributed by atoms with Gasteiger partial charge in [0.15, 0.2) is 0 Å². The van der Waals surface area contributed by atoms with Gasteiger partial charge in [0.05, 0.1) is 0 Å². The van der Waals surface area contributed by atoms with Gasteiger partial charge in [0.25, 0.3) is 0 Å². The molecule has 15 heavy (non-hydrogen) atoms. The molecule has 0 amide bonds. The van der Waals surface area contributed by atoms with E-state index >= 15 is 0 Å². The Bertz CT molecular complexity index is 207. The third-order valence-corrected chi connectivity index (χ3v) is 5.21. The van der Waals surface area contributed by atoms with Gasteiger partial charge in [0, 0.05) is 5.54 Å². The van der Waals surface area contributed by atoms with Crippen molar-refractivity contribution < 1.29 is 0 Å². The highest BCUT2D eigenvalue weighted by Gasteiger charge is 2.39. The van der Waals surface area contributed by atoms with Gasteiger partial charge in [-0.15, -0.1) is 0 Å².